The Morgan fingerprint density at radius 3 is 2.80 bits per heavy atom. The zero-order chi connectivity index (χ0) is 14.9. The van der Waals surface area contributed by atoms with Crippen LogP contribution in [0.1, 0.15) is 6.42 Å². The van der Waals surface area contributed by atoms with Crippen LogP contribution in [-0.4, -0.2) is 24.5 Å². The van der Waals surface area contributed by atoms with Crippen molar-refractivity contribution in [3.8, 4) is 18.1 Å². The number of nitro groups is 1. The van der Waals surface area contributed by atoms with E-state index in [-0.39, 0.29) is 36.2 Å². The van der Waals surface area contributed by atoms with Crippen molar-refractivity contribution in [3.05, 3.63) is 28.1 Å². The van der Waals surface area contributed by atoms with Crippen LogP contribution in [0, 0.1) is 34.2 Å². The third-order valence-electron chi connectivity index (χ3n) is 3.10. The number of halogens is 1. The number of carbonyl (C=O) groups is 1. The third-order valence-corrected chi connectivity index (χ3v) is 3.10. The standard InChI is InChI=1S/C13H11FN2O4/c1-3-8-4-13(17)15(7-8)11-6-10(16(18)19)9(14)5-12(11)20-2/h1,5-6,8H,4,7H2,2H3. The van der Waals surface area contributed by atoms with Gasteiger partial charge in [-0.15, -0.1) is 12.3 Å². The monoisotopic (exact) mass is 278 g/mol. The van der Waals surface area contributed by atoms with E-state index in [1.165, 1.54) is 12.0 Å². The molecule has 20 heavy (non-hydrogen) atoms. The first kappa shape index (κ1) is 13.8. The number of nitro benzene ring substituents is 1. The molecule has 0 saturated carbocycles. The fourth-order valence-corrected chi connectivity index (χ4v) is 2.10. The van der Waals surface area contributed by atoms with Crippen molar-refractivity contribution in [1.29, 1.82) is 0 Å². The molecule has 1 aromatic rings. The van der Waals surface area contributed by atoms with E-state index in [4.69, 9.17) is 11.2 Å². The summed E-state index contributed by atoms with van der Waals surface area (Å²) in [6.45, 7) is 0.231. The number of hydrogen-bond acceptors (Lipinski definition) is 4. The number of ether oxygens (including phenoxy) is 1. The molecule has 1 aliphatic rings. The average Bonchev–Trinajstić information content (AvgIpc) is 2.79. The van der Waals surface area contributed by atoms with Crippen molar-refractivity contribution in [2.24, 2.45) is 5.92 Å². The molecular formula is C13H11FN2O4. The van der Waals surface area contributed by atoms with Gasteiger partial charge in [0.05, 0.1) is 17.7 Å². The first-order valence-electron chi connectivity index (χ1n) is 5.76. The summed E-state index contributed by atoms with van der Waals surface area (Å²) in [5.41, 5.74) is -0.555. The summed E-state index contributed by atoms with van der Waals surface area (Å²) >= 11 is 0. The smallest absolute Gasteiger partial charge is 0.307 e. The molecule has 2 rings (SSSR count). The van der Waals surface area contributed by atoms with E-state index in [0.717, 1.165) is 12.1 Å². The predicted octanol–water partition coefficient (Wildman–Crippen LogP) is 1.73. The predicted molar refractivity (Wildman–Crippen MR) is 68.9 cm³/mol. The quantitative estimate of drug-likeness (QED) is 0.479. The van der Waals surface area contributed by atoms with Crippen LogP contribution in [0.25, 0.3) is 0 Å². The van der Waals surface area contributed by atoms with Crippen molar-refractivity contribution in [2.45, 2.75) is 6.42 Å². The average molecular weight is 278 g/mol. The number of anilines is 1. The number of carbonyl (C=O) groups excluding carboxylic acids is 1. The molecule has 0 aliphatic carbocycles. The molecule has 0 N–H and O–H groups in total. The zero-order valence-electron chi connectivity index (χ0n) is 10.6. The Labute approximate surface area is 114 Å². The maximum Gasteiger partial charge on any atom is 0.307 e. The van der Waals surface area contributed by atoms with E-state index in [2.05, 4.69) is 5.92 Å². The SMILES string of the molecule is C#CC1CC(=O)N(c2cc([N+](=O)[O-])c(F)cc2OC)C1. The lowest BCUT2D eigenvalue weighted by atomic mass is 10.1. The van der Waals surface area contributed by atoms with E-state index < -0.39 is 16.4 Å². The van der Waals surface area contributed by atoms with E-state index >= 15 is 0 Å². The first-order chi connectivity index (χ1) is 9.47. The van der Waals surface area contributed by atoms with Gasteiger partial charge in [-0.25, -0.2) is 0 Å². The molecule has 104 valence electrons. The van der Waals surface area contributed by atoms with Crippen LogP contribution in [0.15, 0.2) is 12.1 Å². The summed E-state index contributed by atoms with van der Waals surface area (Å²) in [6.07, 6.45) is 5.44. The largest absolute Gasteiger partial charge is 0.494 e. The van der Waals surface area contributed by atoms with Gasteiger partial charge < -0.3 is 9.64 Å². The minimum Gasteiger partial charge on any atom is -0.494 e. The number of hydrogen-bond donors (Lipinski definition) is 0. The molecule has 0 bridgehead atoms. The van der Waals surface area contributed by atoms with Crippen molar-refractivity contribution in [3.63, 3.8) is 0 Å². The fraction of sp³-hybridized carbons (Fsp3) is 0.308. The highest BCUT2D eigenvalue weighted by Gasteiger charge is 2.33. The molecule has 1 amide bonds. The first-order valence-corrected chi connectivity index (χ1v) is 5.76. The molecule has 6 nitrogen and oxygen atoms in total. The third kappa shape index (κ3) is 2.28. The van der Waals surface area contributed by atoms with Crippen LogP contribution >= 0.6 is 0 Å². The molecule has 1 aromatic carbocycles. The summed E-state index contributed by atoms with van der Waals surface area (Å²) < 4.78 is 18.5. The lowest BCUT2D eigenvalue weighted by molar-refractivity contribution is -0.387. The van der Waals surface area contributed by atoms with Gasteiger partial charge in [0.2, 0.25) is 11.7 Å². The van der Waals surface area contributed by atoms with Crippen LogP contribution in [0.4, 0.5) is 15.8 Å². The second-order valence-electron chi connectivity index (χ2n) is 4.30. The molecule has 1 aliphatic heterocycles. The van der Waals surface area contributed by atoms with Gasteiger partial charge in [0, 0.05) is 31.0 Å². The summed E-state index contributed by atoms with van der Waals surface area (Å²) in [7, 11) is 1.29. The molecule has 0 spiro atoms. The number of terminal acetylenes is 1. The Morgan fingerprint density at radius 1 is 1.60 bits per heavy atom. The summed E-state index contributed by atoms with van der Waals surface area (Å²) in [4.78, 5) is 23.1. The Morgan fingerprint density at radius 2 is 2.30 bits per heavy atom. The van der Waals surface area contributed by atoms with Gasteiger partial charge in [-0.1, -0.05) is 0 Å². The Bertz CT molecular complexity index is 624. The summed E-state index contributed by atoms with van der Waals surface area (Å²) in [6, 6.07) is 1.88. The van der Waals surface area contributed by atoms with Crippen LogP contribution in [0.3, 0.4) is 0 Å². The van der Waals surface area contributed by atoms with Gasteiger partial charge >= 0.3 is 5.69 Å². The van der Waals surface area contributed by atoms with Gasteiger partial charge in [-0.3, -0.25) is 14.9 Å². The molecule has 1 unspecified atom stereocenters. The highest BCUT2D eigenvalue weighted by molar-refractivity contribution is 5.97. The highest BCUT2D eigenvalue weighted by Crippen LogP contribution is 2.37. The number of methoxy groups -OCH3 is 1. The Balaban J connectivity index is 2.50. The summed E-state index contributed by atoms with van der Waals surface area (Å²) in [5, 5.41) is 10.8. The highest BCUT2D eigenvalue weighted by atomic mass is 19.1. The van der Waals surface area contributed by atoms with Crippen LogP contribution in [0.5, 0.6) is 5.75 Å². The zero-order valence-corrected chi connectivity index (χ0v) is 10.6. The van der Waals surface area contributed by atoms with Crippen molar-refractivity contribution >= 4 is 17.3 Å². The topological polar surface area (TPSA) is 72.7 Å². The minimum atomic E-state index is -1.02. The molecule has 1 atom stereocenters. The summed E-state index contributed by atoms with van der Waals surface area (Å²) in [5.74, 6) is 0.967. The maximum absolute atomic E-state index is 13.5. The van der Waals surface area contributed by atoms with E-state index in [9.17, 15) is 19.3 Å². The second-order valence-corrected chi connectivity index (χ2v) is 4.30. The maximum atomic E-state index is 13.5. The van der Waals surface area contributed by atoms with Gasteiger partial charge in [-0.2, -0.15) is 4.39 Å². The van der Waals surface area contributed by atoms with Gasteiger partial charge in [0.1, 0.15) is 5.75 Å². The van der Waals surface area contributed by atoms with Crippen molar-refractivity contribution < 1.29 is 18.8 Å². The normalized spacial score (nSPS) is 17.9. The van der Waals surface area contributed by atoms with Crippen molar-refractivity contribution in [2.75, 3.05) is 18.6 Å². The molecule has 0 radical (unpaired) electrons. The minimum absolute atomic E-state index is 0.0547. The Hall–Kier alpha value is -2.62. The number of rotatable bonds is 3. The van der Waals surface area contributed by atoms with Crippen LogP contribution < -0.4 is 9.64 Å². The fourth-order valence-electron chi connectivity index (χ4n) is 2.10. The van der Waals surface area contributed by atoms with Gasteiger partial charge in [0.25, 0.3) is 0 Å². The lowest BCUT2D eigenvalue weighted by Gasteiger charge is -2.19. The van der Waals surface area contributed by atoms with Crippen molar-refractivity contribution in [1.82, 2.24) is 0 Å². The second kappa shape index (κ2) is 5.17. The Kier molecular flexibility index (Phi) is 3.57. The number of amides is 1. The van der Waals surface area contributed by atoms with E-state index in [1.807, 2.05) is 0 Å². The van der Waals surface area contributed by atoms with E-state index in [0.29, 0.717) is 0 Å². The molecule has 0 aromatic heterocycles. The lowest BCUT2D eigenvalue weighted by Crippen LogP contribution is -2.25. The molecular weight excluding hydrogens is 267 g/mol. The molecule has 1 saturated heterocycles. The van der Waals surface area contributed by atoms with Crippen LogP contribution in [0.2, 0.25) is 0 Å². The van der Waals surface area contributed by atoms with Crippen LogP contribution in [-0.2, 0) is 4.79 Å². The molecule has 7 heteroatoms. The molecule has 1 fully saturated rings. The van der Waals surface area contributed by atoms with Gasteiger partial charge in [-0.05, 0) is 0 Å². The number of benzene rings is 1. The van der Waals surface area contributed by atoms with E-state index in [1.54, 1.807) is 0 Å². The molecule has 1 heterocycles. The van der Waals surface area contributed by atoms with Gasteiger partial charge in [0.15, 0.2) is 0 Å². The number of nitrogens with zero attached hydrogens (tertiary/aromatic N) is 2.